The Kier molecular flexibility index (Phi) is 4.04. The smallest absolute Gasteiger partial charge is 0.0399 e. The van der Waals surface area contributed by atoms with Gasteiger partial charge in [-0.2, -0.15) is 0 Å². The molecule has 2 aliphatic rings. The van der Waals surface area contributed by atoms with Crippen molar-refractivity contribution in [3.8, 4) is 0 Å². The van der Waals surface area contributed by atoms with Crippen LogP contribution in [0.15, 0.2) is 24.3 Å². The number of rotatable bonds is 4. The van der Waals surface area contributed by atoms with Crippen molar-refractivity contribution in [2.45, 2.75) is 31.7 Å². The van der Waals surface area contributed by atoms with Gasteiger partial charge < -0.3 is 10.6 Å². The van der Waals surface area contributed by atoms with Crippen molar-refractivity contribution in [2.75, 3.05) is 37.6 Å². The van der Waals surface area contributed by atoms with E-state index >= 15 is 0 Å². The van der Waals surface area contributed by atoms with Crippen molar-refractivity contribution in [3.63, 3.8) is 0 Å². The molecule has 1 aromatic carbocycles. The van der Waals surface area contributed by atoms with Gasteiger partial charge in [0, 0.05) is 24.8 Å². The molecule has 3 rings (SSSR count). The molecule has 0 aliphatic carbocycles. The normalized spacial score (nSPS) is 24.3. The molecular weight excluding hydrogens is 234 g/mol. The van der Waals surface area contributed by atoms with Crippen molar-refractivity contribution in [2.24, 2.45) is 5.73 Å². The van der Waals surface area contributed by atoms with Gasteiger partial charge in [-0.25, -0.2) is 0 Å². The van der Waals surface area contributed by atoms with Crippen LogP contribution in [0, 0.1) is 0 Å². The standard InChI is InChI=1S/C16H25N3/c17-9-7-14-5-1-2-6-16(14)19-12-8-15(13-19)18-10-3-4-11-18/h1-2,5-6,15H,3-4,7-13,17H2. The van der Waals surface area contributed by atoms with Gasteiger partial charge in [0.15, 0.2) is 0 Å². The highest BCUT2D eigenvalue weighted by atomic mass is 15.3. The third kappa shape index (κ3) is 2.77. The summed E-state index contributed by atoms with van der Waals surface area (Å²) in [6.45, 7) is 5.75. The molecule has 3 heteroatoms. The van der Waals surface area contributed by atoms with Crippen LogP contribution < -0.4 is 10.6 Å². The lowest BCUT2D eigenvalue weighted by Gasteiger charge is -2.25. The van der Waals surface area contributed by atoms with Gasteiger partial charge in [-0.1, -0.05) is 18.2 Å². The van der Waals surface area contributed by atoms with Gasteiger partial charge in [-0.15, -0.1) is 0 Å². The van der Waals surface area contributed by atoms with Crippen LogP contribution in [0.2, 0.25) is 0 Å². The molecule has 0 aromatic heterocycles. The number of nitrogens with zero attached hydrogens (tertiary/aromatic N) is 2. The molecule has 2 fully saturated rings. The van der Waals surface area contributed by atoms with Crippen molar-refractivity contribution >= 4 is 5.69 Å². The number of hydrogen-bond donors (Lipinski definition) is 1. The summed E-state index contributed by atoms with van der Waals surface area (Å²) in [5.41, 5.74) is 8.55. The fourth-order valence-electron chi connectivity index (χ4n) is 3.55. The average molecular weight is 259 g/mol. The van der Waals surface area contributed by atoms with E-state index in [0.29, 0.717) is 0 Å². The molecule has 0 bridgehead atoms. The van der Waals surface area contributed by atoms with E-state index < -0.39 is 0 Å². The van der Waals surface area contributed by atoms with Gasteiger partial charge in [0.1, 0.15) is 0 Å². The van der Waals surface area contributed by atoms with Gasteiger partial charge in [-0.3, -0.25) is 4.90 Å². The SMILES string of the molecule is NCCc1ccccc1N1CCC(N2CCCC2)C1. The van der Waals surface area contributed by atoms with Crippen LogP contribution in [0.3, 0.4) is 0 Å². The van der Waals surface area contributed by atoms with Crippen molar-refractivity contribution in [1.82, 2.24) is 4.90 Å². The monoisotopic (exact) mass is 259 g/mol. The first-order valence-electron chi connectivity index (χ1n) is 7.65. The molecule has 2 aliphatic heterocycles. The highest BCUT2D eigenvalue weighted by Gasteiger charge is 2.29. The van der Waals surface area contributed by atoms with Crippen LogP contribution >= 0.6 is 0 Å². The molecule has 0 amide bonds. The largest absolute Gasteiger partial charge is 0.370 e. The Morgan fingerprint density at radius 1 is 1.11 bits per heavy atom. The zero-order chi connectivity index (χ0) is 13.1. The van der Waals surface area contributed by atoms with E-state index in [1.54, 1.807) is 0 Å². The maximum atomic E-state index is 5.73. The number of nitrogens with two attached hydrogens (primary N) is 1. The topological polar surface area (TPSA) is 32.5 Å². The Morgan fingerprint density at radius 2 is 1.89 bits per heavy atom. The summed E-state index contributed by atoms with van der Waals surface area (Å²) in [6, 6.07) is 9.54. The quantitative estimate of drug-likeness (QED) is 0.896. The first-order chi connectivity index (χ1) is 9.38. The lowest BCUT2D eigenvalue weighted by Crippen LogP contribution is -2.35. The fourth-order valence-corrected chi connectivity index (χ4v) is 3.55. The summed E-state index contributed by atoms with van der Waals surface area (Å²) < 4.78 is 0. The molecule has 1 aromatic rings. The molecule has 2 N–H and O–H groups in total. The second-order valence-electron chi connectivity index (χ2n) is 5.80. The number of benzene rings is 1. The van der Waals surface area contributed by atoms with Gasteiger partial charge in [0.25, 0.3) is 0 Å². The highest BCUT2D eigenvalue weighted by molar-refractivity contribution is 5.54. The Balaban J connectivity index is 1.70. The number of hydrogen-bond acceptors (Lipinski definition) is 3. The van der Waals surface area contributed by atoms with Crippen LogP contribution in [-0.4, -0.2) is 43.7 Å². The molecule has 104 valence electrons. The Labute approximate surface area is 116 Å². The maximum Gasteiger partial charge on any atom is 0.0399 e. The highest BCUT2D eigenvalue weighted by Crippen LogP contribution is 2.28. The van der Waals surface area contributed by atoms with Crippen LogP contribution in [0.25, 0.3) is 0 Å². The zero-order valence-corrected chi connectivity index (χ0v) is 11.7. The first-order valence-corrected chi connectivity index (χ1v) is 7.65. The predicted octanol–water partition coefficient (Wildman–Crippen LogP) is 1.86. The van der Waals surface area contributed by atoms with Crippen LogP contribution in [0.1, 0.15) is 24.8 Å². The first kappa shape index (κ1) is 12.9. The van der Waals surface area contributed by atoms with E-state index in [0.717, 1.165) is 19.0 Å². The molecule has 1 unspecified atom stereocenters. The second kappa shape index (κ2) is 5.93. The molecule has 0 radical (unpaired) electrons. The average Bonchev–Trinajstić information content (AvgIpc) is 3.11. The van der Waals surface area contributed by atoms with Crippen molar-refractivity contribution in [3.05, 3.63) is 29.8 Å². The summed E-state index contributed by atoms with van der Waals surface area (Å²) in [4.78, 5) is 5.25. The molecule has 0 spiro atoms. The van der Waals surface area contributed by atoms with E-state index in [1.807, 2.05) is 0 Å². The van der Waals surface area contributed by atoms with Gasteiger partial charge >= 0.3 is 0 Å². The van der Waals surface area contributed by atoms with Crippen LogP contribution in [0.4, 0.5) is 5.69 Å². The minimum Gasteiger partial charge on any atom is -0.370 e. The second-order valence-corrected chi connectivity index (χ2v) is 5.80. The molecule has 2 saturated heterocycles. The lowest BCUT2D eigenvalue weighted by molar-refractivity contribution is 0.260. The van der Waals surface area contributed by atoms with E-state index in [9.17, 15) is 0 Å². The Bertz CT molecular complexity index is 412. The molecule has 2 heterocycles. The minimum atomic E-state index is 0.737. The van der Waals surface area contributed by atoms with Gasteiger partial charge in [0.05, 0.1) is 0 Å². The van der Waals surface area contributed by atoms with Crippen LogP contribution in [0.5, 0.6) is 0 Å². The third-order valence-electron chi connectivity index (χ3n) is 4.57. The number of para-hydroxylation sites is 1. The van der Waals surface area contributed by atoms with E-state index in [1.165, 1.54) is 56.7 Å². The predicted molar refractivity (Wildman–Crippen MR) is 80.6 cm³/mol. The van der Waals surface area contributed by atoms with Gasteiger partial charge in [-0.05, 0) is 56.9 Å². The zero-order valence-electron chi connectivity index (χ0n) is 11.7. The molecule has 3 nitrogen and oxygen atoms in total. The van der Waals surface area contributed by atoms with Gasteiger partial charge in [0.2, 0.25) is 0 Å². The summed E-state index contributed by atoms with van der Waals surface area (Å²) in [5.74, 6) is 0. The summed E-state index contributed by atoms with van der Waals surface area (Å²) in [7, 11) is 0. The van der Waals surface area contributed by atoms with E-state index in [2.05, 4.69) is 34.1 Å². The Morgan fingerprint density at radius 3 is 2.68 bits per heavy atom. The number of anilines is 1. The summed E-state index contributed by atoms with van der Waals surface area (Å²) in [5, 5.41) is 0. The van der Waals surface area contributed by atoms with E-state index in [4.69, 9.17) is 5.73 Å². The fraction of sp³-hybridized carbons (Fsp3) is 0.625. The van der Waals surface area contributed by atoms with Crippen molar-refractivity contribution < 1.29 is 0 Å². The maximum absolute atomic E-state index is 5.73. The van der Waals surface area contributed by atoms with E-state index in [-0.39, 0.29) is 0 Å². The minimum absolute atomic E-state index is 0.737. The molecular formula is C16H25N3. The molecule has 1 atom stereocenters. The lowest BCUT2D eigenvalue weighted by atomic mass is 10.1. The van der Waals surface area contributed by atoms with Crippen LogP contribution in [-0.2, 0) is 6.42 Å². The van der Waals surface area contributed by atoms with Crippen molar-refractivity contribution in [1.29, 1.82) is 0 Å². The summed E-state index contributed by atoms with van der Waals surface area (Å²) >= 11 is 0. The Hall–Kier alpha value is -1.06. The molecule has 0 saturated carbocycles. The molecule has 19 heavy (non-hydrogen) atoms. The number of likely N-dealkylation sites (tertiary alicyclic amines) is 1. The summed E-state index contributed by atoms with van der Waals surface area (Å²) in [6.07, 6.45) is 5.08. The third-order valence-corrected chi connectivity index (χ3v) is 4.57.